The Morgan fingerprint density at radius 1 is 1.48 bits per heavy atom. The van der Waals surface area contributed by atoms with Crippen LogP contribution in [-0.4, -0.2) is 53.1 Å². The molecule has 0 radical (unpaired) electrons. The van der Waals surface area contributed by atoms with Crippen LogP contribution in [0.25, 0.3) is 0 Å². The van der Waals surface area contributed by atoms with E-state index in [9.17, 15) is 9.90 Å². The van der Waals surface area contributed by atoms with E-state index in [0.717, 1.165) is 0 Å². The summed E-state index contributed by atoms with van der Waals surface area (Å²) in [4.78, 5) is 19.4. The van der Waals surface area contributed by atoms with E-state index in [4.69, 9.17) is 15.6 Å². The fraction of sp³-hybridized carbons (Fsp3) is 0.636. The molecular weight excluding hydrogens is 393 g/mol. The second-order valence-electron chi connectivity index (χ2n) is 4.59. The van der Waals surface area contributed by atoms with Gasteiger partial charge in [0.1, 0.15) is 5.69 Å². The average Bonchev–Trinajstić information content (AvgIpc) is 2.73. The summed E-state index contributed by atoms with van der Waals surface area (Å²) in [5.74, 6) is 0.362. The lowest BCUT2D eigenvalue weighted by Gasteiger charge is -2.24. The van der Waals surface area contributed by atoms with Gasteiger partial charge in [-0.05, 0) is 6.42 Å². The molecule has 0 spiro atoms. The van der Waals surface area contributed by atoms with Gasteiger partial charge in [0.15, 0.2) is 5.82 Å². The quantitative estimate of drug-likeness (QED) is 0.251. The average molecular weight is 412 g/mol. The number of anilines is 3. The van der Waals surface area contributed by atoms with Gasteiger partial charge in [0.2, 0.25) is 12.4 Å². The predicted octanol–water partition coefficient (Wildman–Crippen LogP) is -4.74. The maximum atomic E-state index is 12.1. The third-order valence-corrected chi connectivity index (χ3v) is 3.14. The van der Waals surface area contributed by atoms with Gasteiger partial charge in [0.25, 0.3) is 5.56 Å². The first-order chi connectivity index (χ1) is 9.47. The van der Waals surface area contributed by atoms with E-state index in [1.54, 1.807) is 11.9 Å². The second-order valence-corrected chi connectivity index (χ2v) is 4.59. The van der Waals surface area contributed by atoms with Crippen LogP contribution in [0.1, 0.15) is 6.42 Å². The number of aromatic nitrogens is 2. The third kappa shape index (κ3) is 3.39. The summed E-state index contributed by atoms with van der Waals surface area (Å²) in [6.45, 7) is 0.448. The van der Waals surface area contributed by atoms with E-state index >= 15 is 0 Å². The summed E-state index contributed by atoms with van der Waals surface area (Å²) in [5, 5.41) is 18.7. The van der Waals surface area contributed by atoms with Crippen molar-refractivity contribution >= 4 is 17.5 Å². The molecule has 0 saturated carbocycles. The highest BCUT2D eigenvalue weighted by atomic mass is 127. The molecule has 0 saturated heterocycles. The molecule has 120 valence electrons. The Morgan fingerprint density at radius 2 is 2.14 bits per heavy atom. The first-order valence-corrected chi connectivity index (χ1v) is 6.22. The monoisotopic (exact) mass is 412 g/mol. The molecule has 1 aromatic heterocycles. The molecule has 0 bridgehead atoms. The summed E-state index contributed by atoms with van der Waals surface area (Å²) >= 11 is 0. The van der Waals surface area contributed by atoms with Crippen LogP contribution in [0.15, 0.2) is 4.79 Å². The zero-order valence-electron chi connectivity index (χ0n) is 11.9. The molecule has 2 heterocycles. The number of halogens is 1. The van der Waals surface area contributed by atoms with Crippen LogP contribution < -0.4 is 45.1 Å². The summed E-state index contributed by atoms with van der Waals surface area (Å²) < 4.78 is 6.43. The molecule has 1 atom stereocenters. The molecule has 21 heavy (non-hydrogen) atoms. The van der Waals surface area contributed by atoms with Gasteiger partial charge in [-0.2, -0.15) is 4.98 Å². The minimum atomic E-state index is -1.25. The zero-order valence-corrected chi connectivity index (χ0v) is 14.0. The van der Waals surface area contributed by atoms with Gasteiger partial charge < -0.3 is 49.6 Å². The Labute approximate surface area is 138 Å². The Hall–Kier alpha value is -1.11. The highest BCUT2D eigenvalue weighted by molar-refractivity contribution is 5.72. The molecule has 1 aliphatic rings. The molecule has 1 unspecified atom stereocenters. The first-order valence-electron chi connectivity index (χ1n) is 6.22. The molecule has 10 heteroatoms. The SMILES string of the molecule is CN1CN(C(O)OCCCO)c2nc(N)n(C)c(=O)c21.[I-]. The standard InChI is InChI=1S/C11H19N5O4.HI/c1-14-6-16(11(19)20-5-3-4-17)8-7(14)9(18)15(2)10(12)13-8;/h11,17,19H,3-6H2,1-2H3,(H2,12,13);1H/p-1. The Bertz CT molecular complexity index is 552. The summed E-state index contributed by atoms with van der Waals surface area (Å²) in [6.07, 6.45) is -0.830. The number of aliphatic hydroxyl groups excluding tert-OH is 2. The van der Waals surface area contributed by atoms with Crippen molar-refractivity contribution in [3.8, 4) is 0 Å². The Morgan fingerprint density at radius 3 is 2.76 bits per heavy atom. The van der Waals surface area contributed by atoms with E-state index in [-0.39, 0.29) is 55.4 Å². The van der Waals surface area contributed by atoms with E-state index < -0.39 is 6.41 Å². The van der Waals surface area contributed by atoms with Gasteiger partial charge in [-0.3, -0.25) is 14.3 Å². The topological polar surface area (TPSA) is 117 Å². The molecule has 0 aromatic carbocycles. The molecule has 2 rings (SSSR count). The van der Waals surface area contributed by atoms with Gasteiger partial charge >= 0.3 is 0 Å². The van der Waals surface area contributed by atoms with Crippen molar-refractivity contribution in [1.82, 2.24) is 9.55 Å². The first kappa shape index (κ1) is 17.9. The van der Waals surface area contributed by atoms with Gasteiger partial charge in [0.05, 0.1) is 13.3 Å². The van der Waals surface area contributed by atoms with Crippen molar-refractivity contribution in [2.75, 3.05) is 42.5 Å². The Balaban J connectivity index is 0.00000220. The highest BCUT2D eigenvalue weighted by Gasteiger charge is 2.33. The van der Waals surface area contributed by atoms with Crippen molar-refractivity contribution in [3.05, 3.63) is 10.4 Å². The normalized spacial score (nSPS) is 14.9. The minimum absolute atomic E-state index is 0. The number of nitrogens with two attached hydrogens (primary N) is 1. The zero-order chi connectivity index (χ0) is 14.9. The van der Waals surface area contributed by atoms with E-state index in [1.807, 2.05) is 0 Å². The van der Waals surface area contributed by atoms with Gasteiger partial charge in [0, 0.05) is 20.7 Å². The smallest absolute Gasteiger partial charge is 0.280 e. The van der Waals surface area contributed by atoms with Crippen molar-refractivity contribution in [3.63, 3.8) is 0 Å². The number of nitrogen functional groups attached to an aromatic ring is 1. The lowest BCUT2D eigenvalue weighted by atomic mass is 10.4. The fourth-order valence-corrected chi connectivity index (χ4v) is 2.01. The fourth-order valence-electron chi connectivity index (χ4n) is 2.01. The summed E-state index contributed by atoms with van der Waals surface area (Å²) in [5.41, 5.74) is 5.76. The number of rotatable bonds is 5. The van der Waals surface area contributed by atoms with Crippen LogP contribution in [-0.2, 0) is 11.8 Å². The van der Waals surface area contributed by atoms with Crippen LogP contribution in [0.4, 0.5) is 17.5 Å². The number of hydrogen-bond donors (Lipinski definition) is 3. The third-order valence-electron chi connectivity index (χ3n) is 3.14. The molecule has 1 aromatic rings. The predicted molar refractivity (Wildman–Crippen MR) is 73.3 cm³/mol. The van der Waals surface area contributed by atoms with Crippen LogP contribution >= 0.6 is 0 Å². The van der Waals surface area contributed by atoms with Crippen molar-refractivity contribution in [2.24, 2.45) is 7.05 Å². The molecular formula is C11H19IN5O4-. The van der Waals surface area contributed by atoms with Crippen molar-refractivity contribution < 1.29 is 38.9 Å². The minimum Gasteiger partial charge on any atom is -1.00 e. The lowest BCUT2D eigenvalue weighted by molar-refractivity contribution is -0.101. The number of nitrogens with zero attached hydrogens (tertiary/aromatic N) is 4. The molecule has 0 aliphatic carbocycles. The maximum Gasteiger partial charge on any atom is 0.280 e. The molecule has 4 N–H and O–H groups in total. The lowest BCUT2D eigenvalue weighted by Crippen LogP contribution is -3.00. The summed E-state index contributed by atoms with van der Waals surface area (Å²) in [6, 6.07) is 0. The van der Waals surface area contributed by atoms with Gasteiger partial charge in [-0.1, -0.05) is 0 Å². The van der Waals surface area contributed by atoms with Gasteiger partial charge in [-0.25, -0.2) is 0 Å². The largest absolute Gasteiger partial charge is 1.00 e. The van der Waals surface area contributed by atoms with E-state index in [2.05, 4.69) is 4.98 Å². The molecule has 0 amide bonds. The number of ether oxygens (including phenoxy) is 1. The van der Waals surface area contributed by atoms with E-state index in [0.29, 0.717) is 17.9 Å². The summed E-state index contributed by atoms with van der Waals surface area (Å²) in [7, 11) is 3.26. The second kappa shape index (κ2) is 7.24. The van der Waals surface area contributed by atoms with Crippen LogP contribution in [0, 0.1) is 0 Å². The number of fused-ring (bicyclic) bond motifs is 1. The number of hydrogen-bond acceptors (Lipinski definition) is 8. The van der Waals surface area contributed by atoms with E-state index in [1.165, 1.54) is 16.5 Å². The maximum absolute atomic E-state index is 12.1. The van der Waals surface area contributed by atoms with Gasteiger partial charge in [-0.15, -0.1) is 0 Å². The molecule has 9 nitrogen and oxygen atoms in total. The molecule has 1 aliphatic heterocycles. The van der Waals surface area contributed by atoms with Crippen LogP contribution in [0.2, 0.25) is 0 Å². The number of aliphatic hydroxyl groups is 2. The van der Waals surface area contributed by atoms with Crippen molar-refractivity contribution in [1.29, 1.82) is 0 Å². The highest BCUT2D eigenvalue weighted by Crippen LogP contribution is 2.31. The van der Waals surface area contributed by atoms with Crippen LogP contribution in [0.3, 0.4) is 0 Å². The van der Waals surface area contributed by atoms with Crippen LogP contribution in [0.5, 0.6) is 0 Å². The Kier molecular flexibility index (Phi) is 6.19. The molecule has 0 fully saturated rings. The van der Waals surface area contributed by atoms with Crippen molar-refractivity contribution in [2.45, 2.75) is 12.8 Å².